The Labute approximate surface area is 117 Å². The highest BCUT2D eigenvalue weighted by Crippen LogP contribution is 2.07. The van der Waals surface area contributed by atoms with Crippen molar-refractivity contribution in [1.29, 1.82) is 0 Å². The van der Waals surface area contributed by atoms with Gasteiger partial charge >= 0.3 is 5.97 Å². The zero-order chi connectivity index (χ0) is 14.4. The second-order valence-corrected chi connectivity index (χ2v) is 4.86. The van der Waals surface area contributed by atoms with Crippen LogP contribution in [0.4, 0.5) is 0 Å². The van der Waals surface area contributed by atoms with Crippen molar-refractivity contribution in [2.45, 2.75) is 32.7 Å². The number of aliphatic carboxylic acids is 1. The minimum atomic E-state index is -0.837. The van der Waals surface area contributed by atoms with Crippen molar-refractivity contribution in [3.05, 3.63) is 41.7 Å². The van der Waals surface area contributed by atoms with E-state index in [2.05, 4.69) is 27.7 Å². The van der Waals surface area contributed by atoms with Crippen LogP contribution in [0.2, 0.25) is 0 Å². The third-order valence-electron chi connectivity index (χ3n) is 3.18. The van der Waals surface area contributed by atoms with Gasteiger partial charge in [-0.2, -0.15) is 0 Å². The summed E-state index contributed by atoms with van der Waals surface area (Å²) < 4.78 is 1.59. The maximum absolute atomic E-state index is 10.9. The fraction of sp³-hybridized carbons (Fsp3) is 0.429. The van der Waals surface area contributed by atoms with Gasteiger partial charge in [-0.15, -0.1) is 5.10 Å². The Morgan fingerprint density at radius 3 is 2.75 bits per heavy atom. The van der Waals surface area contributed by atoms with E-state index in [-0.39, 0.29) is 0 Å². The molecule has 0 aliphatic rings. The topological polar surface area (TPSA) is 80.9 Å². The van der Waals surface area contributed by atoms with Crippen molar-refractivity contribution in [2.24, 2.45) is 5.92 Å². The number of rotatable bonds is 7. The summed E-state index contributed by atoms with van der Waals surface area (Å²) in [6, 6.07) is 10.2. The van der Waals surface area contributed by atoms with E-state index in [1.165, 1.54) is 5.56 Å². The van der Waals surface area contributed by atoms with Crippen molar-refractivity contribution in [2.75, 3.05) is 0 Å². The summed E-state index contributed by atoms with van der Waals surface area (Å²) in [5.41, 5.74) is 1.28. The molecule has 1 unspecified atom stereocenters. The summed E-state index contributed by atoms with van der Waals surface area (Å²) in [7, 11) is 0. The molecule has 0 amide bonds. The lowest BCUT2D eigenvalue weighted by atomic mass is 10.1. The molecule has 2 aromatic rings. The van der Waals surface area contributed by atoms with Crippen LogP contribution in [0.3, 0.4) is 0 Å². The highest BCUT2D eigenvalue weighted by Gasteiger charge is 2.15. The van der Waals surface area contributed by atoms with E-state index in [1.807, 2.05) is 18.2 Å². The zero-order valence-electron chi connectivity index (χ0n) is 11.4. The highest BCUT2D eigenvalue weighted by atomic mass is 16.4. The minimum Gasteiger partial charge on any atom is -0.481 e. The maximum Gasteiger partial charge on any atom is 0.308 e. The first-order chi connectivity index (χ1) is 9.66. The number of aryl methyl sites for hydroxylation is 2. The summed E-state index contributed by atoms with van der Waals surface area (Å²) in [4.78, 5) is 10.9. The second kappa shape index (κ2) is 6.79. The molecule has 6 heteroatoms. The Hall–Kier alpha value is -2.24. The number of aromatic nitrogens is 4. The Morgan fingerprint density at radius 2 is 2.05 bits per heavy atom. The maximum atomic E-state index is 10.9. The molecular formula is C14H18N4O2. The molecule has 1 N–H and O–H groups in total. The van der Waals surface area contributed by atoms with Crippen molar-refractivity contribution in [3.63, 3.8) is 0 Å². The van der Waals surface area contributed by atoms with E-state index in [0.29, 0.717) is 6.54 Å². The number of hydrogen-bond donors (Lipinski definition) is 1. The van der Waals surface area contributed by atoms with Gasteiger partial charge < -0.3 is 5.11 Å². The normalized spacial score (nSPS) is 12.2. The second-order valence-electron chi connectivity index (χ2n) is 4.86. The zero-order valence-corrected chi connectivity index (χ0v) is 11.4. The Balaban J connectivity index is 1.87. The van der Waals surface area contributed by atoms with Gasteiger partial charge in [0.05, 0.1) is 12.5 Å². The van der Waals surface area contributed by atoms with Crippen LogP contribution in [0.1, 0.15) is 24.7 Å². The van der Waals surface area contributed by atoms with E-state index >= 15 is 0 Å². The first-order valence-electron chi connectivity index (χ1n) is 6.68. The first-order valence-corrected chi connectivity index (χ1v) is 6.68. The predicted octanol–water partition coefficient (Wildman–Crippen LogP) is 1.57. The van der Waals surface area contributed by atoms with E-state index in [1.54, 1.807) is 11.6 Å². The lowest BCUT2D eigenvalue weighted by Crippen LogP contribution is -2.19. The summed E-state index contributed by atoms with van der Waals surface area (Å²) in [6.45, 7) is 1.96. The van der Waals surface area contributed by atoms with Gasteiger partial charge in [-0.25, -0.2) is 4.68 Å². The molecule has 1 atom stereocenters. The number of carbonyl (C=O) groups is 1. The van der Waals surface area contributed by atoms with Crippen molar-refractivity contribution in [3.8, 4) is 0 Å². The number of carboxylic acid groups (broad SMARTS) is 1. The number of hydrogen-bond acceptors (Lipinski definition) is 4. The predicted molar refractivity (Wildman–Crippen MR) is 73.1 cm³/mol. The van der Waals surface area contributed by atoms with Crippen LogP contribution in [-0.2, 0) is 24.2 Å². The van der Waals surface area contributed by atoms with Gasteiger partial charge in [0, 0.05) is 6.42 Å². The molecule has 106 valence electrons. The van der Waals surface area contributed by atoms with Gasteiger partial charge in [0.15, 0.2) is 5.82 Å². The Kier molecular flexibility index (Phi) is 4.81. The minimum absolute atomic E-state index is 0.309. The van der Waals surface area contributed by atoms with Crippen LogP contribution >= 0.6 is 0 Å². The molecule has 0 bridgehead atoms. The van der Waals surface area contributed by atoms with Crippen LogP contribution < -0.4 is 0 Å². The number of carboxylic acids is 1. The Bertz CT molecular complexity index is 553. The molecule has 1 aromatic carbocycles. The average Bonchev–Trinajstić information content (AvgIpc) is 2.87. The number of benzene rings is 1. The average molecular weight is 274 g/mol. The van der Waals surface area contributed by atoms with Crippen molar-refractivity contribution < 1.29 is 9.90 Å². The SMILES string of the molecule is CC(Cn1nnnc1CCCc1ccccc1)C(=O)O. The molecule has 0 spiro atoms. The summed E-state index contributed by atoms with van der Waals surface area (Å²) in [5, 5.41) is 20.4. The van der Waals surface area contributed by atoms with Gasteiger partial charge in [-0.05, 0) is 28.8 Å². The van der Waals surface area contributed by atoms with Crippen molar-refractivity contribution >= 4 is 5.97 Å². The third-order valence-corrected chi connectivity index (χ3v) is 3.18. The van der Waals surface area contributed by atoms with Crippen molar-refractivity contribution in [1.82, 2.24) is 20.2 Å². The van der Waals surface area contributed by atoms with Crippen LogP contribution in [0.15, 0.2) is 30.3 Å². The lowest BCUT2D eigenvalue weighted by Gasteiger charge is -2.07. The molecule has 0 aliphatic carbocycles. The first kappa shape index (κ1) is 14.2. The summed E-state index contributed by atoms with van der Waals surface area (Å²) in [6.07, 6.45) is 2.64. The van der Waals surface area contributed by atoms with E-state index in [4.69, 9.17) is 5.11 Å². The van der Waals surface area contributed by atoms with Crippen LogP contribution in [-0.4, -0.2) is 31.3 Å². The molecule has 0 saturated carbocycles. The van der Waals surface area contributed by atoms with Gasteiger partial charge in [-0.3, -0.25) is 4.79 Å². The summed E-state index contributed by atoms with van der Waals surface area (Å²) in [5.74, 6) is -0.587. The highest BCUT2D eigenvalue weighted by molar-refractivity contribution is 5.69. The van der Waals surface area contributed by atoms with Crippen LogP contribution in [0, 0.1) is 5.92 Å². The molecule has 0 fully saturated rings. The number of tetrazole rings is 1. The van der Waals surface area contributed by atoms with Gasteiger partial charge in [0.2, 0.25) is 0 Å². The molecule has 1 heterocycles. The lowest BCUT2D eigenvalue weighted by molar-refractivity contribution is -0.141. The van der Waals surface area contributed by atoms with E-state index in [0.717, 1.165) is 25.1 Å². The molecule has 2 rings (SSSR count). The molecule has 1 aromatic heterocycles. The third kappa shape index (κ3) is 3.88. The van der Waals surface area contributed by atoms with E-state index in [9.17, 15) is 4.79 Å². The molecule has 6 nitrogen and oxygen atoms in total. The van der Waals surface area contributed by atoms with Gasteiger partial charge in [0.25, 0.3) is 0 Å². The standard InChI is InChI=1S/C14H18N4O2/c1-11(14(19)20)10-18-13(15-16-17-18)9-5-8-12-6-3-2-4-7-12/h2-4,6-7,11H,5,8-10H2,1H3,(H,19,20). The van der Waals surface area contributed by atoms with E-state index < -0.39 is 11.9 Å². The molecular weight excluding hydrogens is 256 g/mol. The monoisotopic (exact) mass is 274 g/mol. The Morgan fingerprint density at radius 1 is 1.30 bits per heavy atom. The van der Waals surface area contributed by atoms with Crippen LogP contribution in [0.25, 0.3) is 0 Å². The molecule has 0 saturated heterocycles. The fourth-order valence-corrected chi connectivity index (χ4v) is 1.98. The fourth-order valence-electron chi connectivity index (χ4n) is 1.98. The summed E-state index contributed by atoms with van der Waals surface area (Å²) >= 11 is 0. The quantitative estimate of drug-likeness (QED) is 0.828. The van der Waals surface area contributed by atoms with Gasteiger partial charge in [-0.1, -0.05) is 37.3 Å². The molecule has 0 aliphatic heterocycles. The molecule has 0 radical (unpaired) electrons. The largest absolute Gasteiger partial charge is 0.481 e. The van der Waals surface area contributed by atoms with Crippen LogP contribution in [0.5, 0.6) is 0 Å². The smallest absolute Gasteiger partial charge is 0.308 e. The molecule has 20 heavy (non-hydrogen) atoms. The van der Waals surface area contributed by atoms with Gasteiger partial charge in [0.1, 0.15) is 0 Å². The number of nitrogens with zero attached hydrogens (tertiary/aromatic N) is 4.